The Balaban J connectivity index is 1.96. The van der Waals surface area contributed by atoms with Gasteiger partial charge >= 0.3 is 0 Å². The Morgan fingerprint density at radius 2 is 0.642 bits per heavy atom. The highest BCUT2D eigenvalue weighted by Crippen LogP contribution is 2.64. The summed E-state index contributed by atoms with van der Waals surface area (Å²) < 4.78 is 32.4. The van der Waals surface area contributed by atoms with Gasteiger partial charge in [0.25, 0.3) is 0 Å². The second kappa shape index (κ2) is 12.7. The van der Waals surface area contributed by atoms with Crippen molar-refractivity contribution in [3.63, 3.8) is 0 Å². The third-order valence-electron chi connectivity index (χ3n) is 17.7. The van der Waals surface area contributed by atoms with Crippen LogP contribution in [0.5, 0.6) is 0 Å². The van der Waals surface area contributed by atoms with Crippen LogP contribution >= 0.6 is 0 Å². The summed E-state index contributed by atoms with van der Waals surface area (Å²) in [5.74, 6) is -1.78. The van der Waals surface area contributed by atoms with Crippen LogP contribution in [0.2, 0.25) is 0 Å². The molecule has 3 fully saturated rings. The Kier molecular flexibility index (Phi) is 11.3. The molecule has 0 saturated carbocycles. The molecule has 0 radical (unpaired) electrons. The van der Waals surface area contributed by atoms with Crippen molar-refractivity contribution in [3.05, 3.63) is 0 Å². The highest BCUT2D eigenvalue weighted by atomic mass is 16.7. The molecule has 3 rings (SSSR count). The maximum absolute atomic E-state index is 12.7. The van der Waals surface area contributed by atoms with E-state index in [4.69, 9.17) is 23.7 Å². The first kappa shape index (κ1) is 46.9. The van der Waals surface area contributed by atoms with Gasteiger partial charge in [-0.3, -0.25) is 0 Å². The van der Waals surface area contributed by atoms with Crippen LogP contribution in [-0.4, -0.2) is 143 Å². The topological polar surface area (TPSA) is 208 Å². The molecule has 13 heteroatoms. The van der Waals surface area contributed by atoms with Crippen molar-refractivity contribution in [2.45, 2.75) is 181 Å². The predicted molar refractivity (Wildman–Crippen MR) is 199 cm³/mol. The summed E-state index contributed by atoms with van der Waals surface area (Å²) in [4.78, 5) is 0. The second-order valence-corrected chi connectivity index (χ2v) is 20.7. The fourth-order valence-corrected chi connectivity index (χ4v) is 9.66. The van der Waals surface area contributed by atoms with E-state index >= 15 is 0 Å². The lowest BCUT2D eigenvalue weighted by Crippen LogP contribution is -2.81. The monoisotopic (exact) mass is 765 g/mol. The summed E-state index contributed by atoms with van der Waals surface area (Å²) in [7, 11) is 0. The Labute approximate surface area is 318 Å². The minimum Gasteiger partial charge on any atom is -0.393 e. The Hall–Kier alpha value is -0.520. The standard InChI is InChI=1S/C40H76O13/c1-26(2)34(12,24-50-23-30(8)32(10,20-42)53-40(18,48)28(5,6)37(30,15)45)51-31(9,19-41)29(7,36(26,14)44)22-49-25-35(13)27(3,4)38(16,46)39(17,47)33(11,21-43)52-35/h41-48H,19-25H2,1-18H3/t29-,30-,31?,32?,33?,34+,35+,36+,37+,38+,39-,40-/m1/s1. The summed E-state index contributed by atoms with van der Waals surface area (Å²) in [6.07, 6.45) is 0. The summed E-state index contributed by atoms with van der Waals surface area (Å²) >= 11 is 0. The number of aliphatic hydroxyl groups is 8. The third kappa shape index (κ3) is 5.57. The largest absolute Gasteiger partial charge is 0.393 e. The van der Waals surface area contributed by atoms with Gasteiger partial charge in [0.1, 0.15) is 22.4 Å². The minimum absolute atomic E-state index is 0.0957. The maximum atomic E-state index is 12.7. The molecule has 0 aromatic rings. The van der Waals surface area contributed by atoms with Gasteiger partial charge in [-0.2, -0.15) is 0 Å². The quantitative estimate of drug-likeness (QED) is 0.153. The molecule has 53 heavy (non-hydrogen) atoms. The molecule has 0 bridgehead atoms. The highest BCUT2D eigenvalue weighted by molar-refractivity contribution is 5.23. The molecule has 12 atom stereocenters. The molecule has 3 aliphatic rings. The zero-order valence-corrected chi connectivity index (χ0v) is 36.1. The van der Waals surface area contributed by atoms with Gasteiger partial charge in [0, 0.05) is 16.2 Å². The van der Waals surface area contributed by atoms with Crippen LogP contribution in [-0.2, 0) is 23.7 Å². The van der Waals surface area contributed by atoms with Gasteiger partial charge in [-0.25, -0.2) is 0 Å². The Morgan fingerprint density at radius 3 is 1.00 bits per heavy atom. The van der Waals surface area contributed by atoms with Crippen LogP contribution in [0.1, 0.15) is 125 Å². The normalized spacial score (nSPS) is 53.8. The van der Waals surface area contributed by atoms with Gasteiger partial charge in [0.05, 0.1) is 85.1 Å². The third-order valence-corrected chi connectivity index (χ3v) is 17.7. The maximum Gasteiger partial charge on any atom is 0.171 e. The average molecular weight is 765 g/mol. The molecule has 3 saturated heterocycles. The molecule has 0 amide bonds. The van der Waals surface area contributed by atoms with Crippen molar-refractivity contribution in [1.82, 2.24) is 0 Å². The zero-order chi connectivity index (χ0) is 42.0. The summed E-state index contributed by atoms with van der Waals surface area (Å²) in [5, 5.41) is 91.4. The van der Waals surface area contributed by atoms with Gasteiger partial charge in [-0.1, -0.05) is 55.4 Å². The van der Waals surface area contributed by atoms with E-state index in [0.717, 1.165) is 0 Å². The summed E-state index contributed by atoms with van der Waals surface area (Å²) in [5.41, 5.74) is -19.6. The molecule has 0 aromatic heterocycles. The molecule has 3 aliphatic heterocycles. The molecule has 0 spiro atoms. The van der Waals surface area contributed by atoms with Crippen molar-refractivity contribution in [2.24, 2.45) is 27.1 Å². The fraction of sp³-hybridized carbons (Fsp3) is 1.00. The number of hydrogen-bond acceptors (Lipinski definition) is 13. The smallest absolute Gasteiger partial charge is 0.171 e. The summed E-state index contributed by atoms with van der Waals surface area (Å²) in [6.45, 7) is 28.3. The second-order valence-electron chi connectivity index (χ2n) is 20.7. The molecule has 0 aromatic carbocycles. The molecule has 8 N–H and O–H groups in total. The SMILES string of the molecule is CC1(C)[C@](C)(O)[C@](C)(COC[C@]2(C)OC(C)(CO)[C@@](C)(COC[C@]3(C)OC(C)(CO)[C@@](C)(O)[C@@](C)(O)C3(C)C)[C@@](C)(O)C2(C)C)C(C)(CO)O[C@@]1(C)O. The minimum atomic E-state index is -1.83. The highest BCUT2D eigenvalue weighted by Gasteiger charge is 2.75. The first-order valence-corrected chi connectivity index (χ1v) is 18.9. The van der Waals surface area contributed by atoms with Crippen LogP contribution in [0, 0.1) is 27.1 Å². The van der Waals surface area contributed by atoms with Crippen molar-refractivity contribution in [2.75, 3.05) is 46.2 Å². The lowest BCUT2D eigenvalue weighted by Gasteiger charge is -2.69. The van der Waals surface area contributed by atoms with Gasteiger partial charge in [0.15, 0.2) is 5.79 Å². The van der Waals surface area contributed by atoms with E-state index < -0.39 is 103 Å². The Morgan fingerprint density at radius 1 is 0.340 bits per heavy atom. The number of aliphatic hydroxyl groups excluding tert-OH is 3. The van der Waals surface area contributed by atoms with E-state index in [0.29, 0.717) is 0 Å². The lowest BCUT2D eigenvalue weighted by atomic mass is 9.48. The van der Waals surface area contributed by atoms with E-state index in [1.54, 1.807) is 90.0 Å². The van der Waals surface area contributed by atoms with E-state index in [2.05, 4.69) is 0 Å². The van der Waals surface area contributed by atoms with E-state index in [-0.39, 0.29) is 26.4 Å². The first-order valence-electron chi connectivity index (χ1n) is 18.9. The average Bonchev–Trinajstić information content (AvgIpc) is 3.01. The van der Waals surface area contributed by atoms with Crippen molar-refractivity contribution in [1.29, 1.82) is 0 Å². The van der Waals surface area contributed by atoms with E-state index in [1.807, 2.05) is 13.8 Å². The lowest BCUT2D eigenvalue weighted by molar-refractivity contribution is -0.430. The molecular formula is C40H76O13. The predicted octanol–water partition coefficient (Wildman–Crippen LogP) is 2.68. The molecule has 3 unspecified atom stereocenters. The van der Waals surface area contributed by atoms with Crippen LogP contribution < -0.4 is 0 Å². The first-order chi connectivity index (χ1) is 23.2. The van der Waals surface area contributed by atoms with Crippen LogP contribution in [0.15, 0.2) is 0 Å². The van der Waals surface area contributed by atoms with Crippen molar-refractivity contribution >= 4 is 0 Å². The van der Waals surface area contributed by atoms with Crippen LogP contribution in [0.4, 0.5) is 0 Å². The van der Waals surface area contributed by atoms with E-state index in [9.17, 15) is 40.9 Å². The van der Waals surface area contributed by atoms with Gasteiger partial charge in [-0.05, 0) is 69.2 Å². The summed E-state index contributed by atoms with van der Waals surface area (Å²) in [6, 6.07) is 0. The van der Waals surface area contributed by atoms with Crippen molar-refractivity contribution < 1.29 is 64.5 Å². The number of ether oxygens (including phenoxy) is 5. The molecule has 3 heterocycles. The zero-order valence-electron chi connectivity index (χ0n) is 36.1. The van der Waals surface area contributed by atoms with Crippen molar-refractivity contribution in [3.8, 4) is 0 Å². The number of rotatable bonds is 11. The molecular weight excluding hydrogens is 688 g/mol. The van der Waals surface area contributed by atoms with Crippen LogP contribution in [0.3, 0.4) is 0 Å². The molecule has 13 nitrogen and oxygen atoms in total. The fourth-order valence-electron chi connectivity index (χ4n) is 9.66. The number of hydrogen-bond donors (Lipinski definition) is 8. The van der Waals surface area contributed by atoms with Gasteiger partial charge < -0.3 is 64.5 Å². The van der Waals surface area contributed by atoms with E-state index in [1.165, 1.54) is 20.8 Å². The van der Waals surface area contributed by atoms with Gasteiger partial charge in [-0.15, -0.1) is 0 Å². The Bertz CT molecular complexity index is 1370. The molecule has 314 valence electrons. The van der Waals surface area contributed by atoms with Gasteiger partial charge in [0.2, 0.25) is 0 Å². The molecule has 0 aliphatic carbocycles. The van der Waals surface area contributed by atoms with Crippen LogP contribution in [0.25, 0.3) is 0 Å².